The van der Waals surface area contributed by atoms with Gasteiger partial charge in [-0.25, -0.2) is 9.78 Å². The maximum atomic E-state index is 12.5. The fraction of sp³-hybridized carbons (Fsp3) is 0.300. The number of carbonyl (C=O) groups excluding carboxylic acids is 2. The third kappa shape index (κ3) is 4.13. The molecule has 3 rings (SSSR count). The summed E-state index contributed by atoms with van der Waals surface area (Å²) in [5.74, 6) is -0.631. The van der Waals surface area contributed by atoms with Gasteiger partial charge in [-0.15, -0.1) is 0 Å². The number of hydrogen-bond donors (Lipinski definition) is 1. The molecule has 0 atom stereocenters. The van der Waals surface area contributed by atoms with Crippen LogP contribution in [0.2, 0.25) is 0 Å². The molecule has 140 valence electrons. The molecule has 0 aliphatic rings. The van der Waals surface area contributed by atoms with Gasteiger partial charge in [-0.05, 0) is 43.7 Å². The van der Waals surface area contributed by atoms with Crippen molar-refractivity contribution in [1.29, 1.82) is 0 Å². The van der Waals surface area contributed by atoms with Crippen LogP contribution < -0.4 is 5.32 Å². The van der Waals surface area contributed by atoms with E-state index in [1.54, 1.807) is 35.0 Å². The number of esters is 1. The number of hydrogen-bond acceptors (Lipinski definition) is 5. The van der Waals surface area contributed by atoms with Crippen LogP contribution in [0.1, 0.15) is 46.2 Å². The number of fused-ring (bicyclic) bond motifs is 1. The summed E-state index contributed by atoms with van der Waals surface area (Å²) in [6, 6.07) is 8.40. The van der Waals surface area contributed by atoms with Crippen LogP contribution >= 0.6 is 0 Å². The molecule has 0 bridgehead atoms. The Labute approximate surface area is 157 Å². The highest BCUT2D eigenvalue weighted by Gasteiger charge is 2.13. The van der Waals surface area contributed by atoms with E-state index < -0.39 is 0 Å². The van der Waals surface area contributed by atoms with Gasteiger partial charge in [-0.1, -0.05) is 13.3 Å². The molecule has 0 aliphatic carbocycles. The Hall–Kier alpha value is -3.22. The van der Waals surface area contributed by atoms with Crippen molar-refractivity contribution in [2.45, 2.75) is 26.7 Å². The lowest BCUT2D eigenvalue weighted by molar-refractivity contribution is 0.0499. The van der Waals surface area contributed by atoms with Crippen LogP contribution in [0.4, 0.5) is 5.69 Å². The topological polar surface area (TPSA) is 86.1 Å². The Bertz CT molecular complexity index is 977. The van der Waals surface area contributed by atoms with Crippen molar-refractivity contribution in [2.75, 3.05) is 11.9 Å². The van der Waals surface area contributed by atoms with Crippen LogP contribution in [0.25, 0.3) is 11.0 Å². The first-order chi connectivity index (χ1) is 13.0. The van der Waals surface area contributed by atoms with Crippen LogP contribution in [0.15, 0.2) is 36.5 Å². The minimum atomic E-state index is -0.358. The van der Waals surface area contributed by atoms with E-state index in [0.29, 0.717) is 23.4 Å². The molecule has 1 aromatic carbocycles. The number of amides is 1. The van der Waals surface area contributed by atoms with Crippen LogP contribution in [0.3, 0.4) is 0 Å². The fourth-order valence-corrected chi connectivity index (χ4v) is 2.72. The first-order valence-corrected chi connectivity index (χ1v) is 8.87. The molecule has 7 nitrogen and oxygen atoms in total. The van der Waals surface area contributed by atoms with Crippen molar-refractivity contribution in [2.24, 2.45) is 7.05 Å². The third-order valence-corrected chi connectivity index (χ3v) is 4.23. The quantitative estimate of drug-likeness (QED) is 0.533. The van der Waals surface area contributed by atoms with Gasteiger partial charge in [-0.2, -0.15) is 5.10 Å². The maximum absolute atomic E-state index is 12.5. The Morgan fingerprint density at radius 2 is 1.93 bits per heavy atom. The number of anilines is 1. The molecule has 3 aromatic rings. The molecule has 0 spiro atoms. The largest absolute Gasteiger partial charge is 0.462 e. The minimum Gasteiger partial charge on any atom is -0.462 e. The summed E-state index contributed by atoms with van der Waals surface area (Å²) in [6.45, 7) is 4.33. The van der Waals surface area contributed by atoms with E-state index >= 15 is 0 Å². The first kappa shape index (κ1) is 18.6. The number of aryl methyl sites for hydroxylation is 2. The molecule has 2 heterocycles. The van der Waals surface area contributed by atoms with Crippen LogP contribution in [-0.4, -0.2) is 33.2 Å². The average Bonchev–Trinajstić information content (AvgIpc) is 2.96. The Morgan fingerprint density at radius 1 is 1.19 bits per heavy atom. The number of pyridine rings is 1. The number of nitrogens with one attached hydrogen (secondary N) is 1. The van der Waals surface area contributed by atoms with Crippen molar-refractivity contribution in [3.05, 3.63) is 53.3 Å². The number of unbranched alkanes of at least 4 members (excludes halogenated alkanes) is 1. The number of carbonyl (C=O) groups is 2. The fourth-order valence-electron chi connectivity index (χ4n) is 2.72. The zero-order valence-electron chi connectivity index (χ0n) is 15.7. The molecule has 0 unspecified atom stereocenters. The molecule has 7 heteroatoms. The smallest absolute Gasteiger partial charge is 0.338 e. The molecule has 1 N–H and O–H groups in total. The number of nitrogens with zero attached hydrogens (tertiary/aromatic N) is 3. The minimum absolute atomic E-state index is 0.272. The highest BCUT2D eigenvalue weighted by molar-refractivity contribution is 6.06. The van der Waals surface area contributed by atoms with E-state index in [1.807, 2.05) is 20.9 Å². The molecule has 0 fully saturated rings. The highest BCUT2D eigenvalue weighted by atomic mass is 16.5. The monoisotopic (exact) mass is 366 g/mol. The molecular weight excluding hydrogens is 344 g/mol. The second kappa shape index (κ2) is 7.99. The second-order valence-electron chi connectivity index (χ2n) is 6.33. The molecule has 0 aliphatic heterocycles. The van der Waals surface area contributed by atoms with Gasteiger partial charge in [0.25, 0.3) is 5.91 Å². The molecule has 1 amide bonds. The second-order valence-corrected chi connectivity index (χ2v) is 6.33. The number of aromatic nitrogens is 3. The van der Waals surface area contributed by atoms with E-state index in [0.717, 1.165) is 29.6 Å². The summed E-state index contributed by atoms with van der Waals surface area (Å²) in [4.78, 5) is 28.7. The summed E-state index contributed by atoms with van der Waals surface area (Å²) in [5.41, 5.74) is 3.04. The van der Waals surface area contributed by atoms with Crippen LogP contribution in [0.5, 0.6) is 0 Å². The van der Waals surface area contributed by atoms with Crippen molar-refractivity contribution >= 4 is 28.6 Å². The maximum Gasteiger partial charge on any atom is 0.338 e. The summed E-state index contributed by atoms with van der Waals surface area (Å²) >= 11 is 0. The molecule has 2 aromatic heterocycles. The van der Waals surface area contributed by atoms with Crippen molar-refractivity contribution in [3.63, 3.8) is 0 Å². The zero-order chi connectivity index (χ0) is 19.4. The van der Waals surface area contributed by atoms with Gasteiger partial charge in [0.2, 0.25) is 0 Å². The van der Waals surface area contributed by atoms with E-state index in [1.165, 1.54) is 6.20 Å². The van der Waals surface area contributed by atoms with E-state index in [-0.39, 0.29) is 11.9 Å². The third-order valence-electron chi connectivity index (χ3n) is 4.23. The molecule has 0 saturated heterocycles. The predicted octanol–water partition coefficient (Wildman–Crippen LogP) is 3.49. The molecular formula is C20H22N4O3. The van der Waals surface area contributed by atoms with Crippen molar-refractivity contribution in [1.82, 2.24) is 14.8 Å². The molecule has 0 radical (unpaired) electrons. The Balaban J connectivity index is 1.69. The van der Waals surface area contributed by atoms with Gasteiger partial charge in [0, 0.05) is 24.3 Å². The van der Waals surface area contributed by atoms with Crippen molar-refractivity contribution < 1.29 is 14.3 Å². The van der Waals surface area contributed by atoms with E-state index in [9.17, 15) is 9.59 Å². The zero-order valence-corrected chi connectivity index (χ0v) is 15.7. The number of rotatable bonds is 6. The lowest BCUT2D eigenvalue weighted by atomic mass is 10.1. The lowest BCUT2D eigenvalue weighted by Crippen LogP contribution is -2.12. The highest BCUT2D eigenvalue weighted by Crippen LogP contribution is 2.18. The van der Waals surface area contributed by atoms with Gasteiger partial charge in [0.05, 0.1) is 23.4 Å². The Kier molecular flexibility index (Phi) is 5.49. The molecule has 27 heavy (non-hydrogen) atoms. The Morgan fingerprint density at radius 3 is 2.63 bits per heavy atom. The summed E-state index contributed by atoms with van der Waals surface area (Å²) in [6.07, 6.45) is 3.34. The summed E-state index contributed by atoms with van der Waals surface area (Å²) < 4.78 is 6.86. The lowest BCUT2D eigenvalue weighted by Gasteiger charge is -2.07. The van der Waals surface area contributed by atoms with Gasteiger partial charge in [-0.3, -0.25) is 9.48 Å². The summed E-state index contributed by atoms with van der Waals surface area (Å²) in [7, 11) is 1.82. The first-order valence-electron chi connectivity index (χ1n) is 8.87. The van der Waals surface area contributed by atoms with Gasteiger partial charge >= 0.3 is 5.97 Å². The normalized spacial score (nSPS) is 10.8. The summed E-state index contributed by atoms with van der Waals surface area (Å²) in [5, 5.41) is 7.96. The van der Waals surface area contributed by atoms with Gasteiger partial charge < -0.3 is 10.1 Å². The van der Waals surface area contributed by atoms with Gasteiger partial charge in [0.15, 0.2) is 5.65 Å². The van der Waals surface area contributed by atoms with Gasteiger partial charge in [0.1, 0.15) is 0 Å². The SMILES string of the molecule is CCCCOC(=O)c1ccc(NC(=O)c2cnc3c(c2)c(C)nn3C)cc1. The average molecular weight is 366 g/mol. The number of benzene rings is 1. The van der Waals surface area contributed by atoms with E-state index in [2.05, 4.69) is 15.4 Å². The molecule has 0 saturated carbocycles. The number of ether oxygens (including phenoxy) is 1. The van der Waals surface area contributed by atoms with Crippen molar-refractivity contribution in [3.8, 4) is 0 Å². The predicted molar refractivity (Wildman–Crippen MR) is 103 cm³/mol. The standard InChI is InChI=1S/C20H22N4O3/c1-4-5-10-27-20(26)14-6-8-16(9-7-14)22-19(25)15-11-17-13(2)23-24(3)18(17)21-12-15/h6-9,11-12H,4-5,10H2,1-3H3,(H,22,25). The van der Waals surface area contributed by atoms with Crippen LogP contribution in [-0.2, 0) is 11.8 Å². The van der Waals surface area contributed by atoms with E-state index in [4.69, 9.17) is 4.74 Å². The van der Waals surface area contributed by atoms with Crippen LogP contribution in [0, 0.1) is 6.92 Å².